The van der Waals surface area contributed by atoms with E-state index < -0.39 is 10.2 Å². The second kappa shape index (κ2) is 6.89. The van der Waals surface area contributed by atoms with Gasteiger partial charge in [0.25, 0.3) is 10.2 Å². The van der Waals surface area contributed by atoms with Gasteiger partial charge in [-0.15, -0.1) is 0 Å². The topological polar surface area (TPSA) is 61.4 Å². The van der Waals surface area contributed by atoms with Crippen molar-refractivity contribution < 1.29 is 8.42 Å². The summed E-state index contributed by atoms with van der Waals surface area (Å²) in [6.45, 7) is 6.77. The zero-order valence-corrected chi connectivity index (χ0v) is 14.8. The van der Waals surface area contributed by atoms with Crippen LogP contribution in [0, 0.1) is 11.8 Å². The Labute approximate surface area is 139 Å². The van der Waals surface area contributed by atoms with Crippen LogP contribution in [0.25, 0.3) is 0 Å². The number of hydrogen-bond donors (Lipinski definition) is 2. The number of nitrogens with one attached hydrogen (secondary N) is 2. The van der Waals surface area contributed by atoms with Gasteiger partial charge in [0.1, 0.15) is 0 Å². The van der Waals surface area contributed by atoms with Gasteiger partial charge in [0.15, 0.2) is 0 Å². The van der Waals surface area contributed by atoms with Gasteiger partial charge in [-0.2, -0.15) is 12.7 Å². The van der Waals surface area contributed by atoms with Crippen molar-refractivity contribution in [2.75, 3.05) is 26.2 Å². The average molecular weight is 337 g/mol. The van der Waals surface area contributed by atoms with Gasteiger partial charge in [0.05, 0.1) is 0 Å². The minimum Gasteiger partial charge on any atom is -0.308 e. The summed E-state index contributed by atoms with van der Waals surface area (Å²) in [5, 5.41) is 3.42. The average Bonchev–Trinajstić information content (AvgIpc) is 2.52. The Morgan fingerprint density at radius 1 is 1.22 bits per heavy atom. The van der Waals surface area contributed by atoms with Crippen LogP contribution < -0.4 is 10.0 Å². The smallest absolute Gasteiger partial charge is 0.279 e. The zero-order chi connectivity index (χ0) is 16.4. The van der Waals surface area contributed by atoms with Gasteiger partial charge < -0.3 is 5.32 Å². The fourth-order valence-corrected chi connectivity index (χ4v) is 5.32. The molecule has 3 unspecified atom stereocenters. The highest BCUT2D eigenvalue weighted by molar-refractivity contribution is 7.87. The fraction of sp³-hybridized carbons (Fsp3) is 0.647. The molecule has 0 aliphatic carbocycles. The Morgan fingerprint density at radius 2 is 1.91 bits per heavy atom. The first-order chi connectivity index (χ1) is 11.0. The van der Waals surface area contributed by atoms with E-state index in [9.17, 15) is 8.42 Å². The molecule has 6 heteroatoms. The molecule has 128 valence electrons. The third kappa shape index (κ3) is 3.94. The van der Waals surface area contributed by atoms with Crippen molar-refractivity contribution >= 4 is 10.2 Å². The molecular weight excluding hydrogens is 310 g/mol. The van der Waals surface area contributed by atoms with Crippen molar-refractivity contribution in [1.29, 1.82) is 0 Å². The predicted molar refractivity (Wildman–Crippen MR) is 92.3 cm³/mol. The first-order valence-corrected chi connectivity index (χ1v) is 9.95. The van der Waals surface area contributed by atoms with Gasteiger partial charge in [-0.05, 0) is 42.3 Å². The van der Waals surface area contributed by atoms with Crippen molar-refractivity contribution in [3.63, 3.8) is 0 Å². The molecule has 1 saturated heterocycles. The maximum absolute atomic E-state index is 12.6. The number of benzene rings is 1. The third-order valence-electron chi connectivity index (χ3n) is 4.86. The van der Waals surface area contributed by atoms with Gasteiger partial charge in [-0.3, -0.25) is 0 Å². The molecule has 1 fully saturated rings. The van der Waals surface area contributed by atoms with E-state index in [1.54, 1.807) is 4.31 Å². The minimum atomic E-state index is -3.41. The van der Waals surface area contributed by atoms with Crippen LogP contribution in [0.1, 0.15) is 37.4 Å². The number of piperidine rings is 1. The molecule has 2 aliphatic heterocycles. The SMILES string of the molecule is CC1CC(C)CN(S(=O)(=O)NCC2NCCc3ccccc32)C1. The minimum absolute atomic E-state index is 0.0503. The van der Waals surface area contributed by atoms with Gasteiger partial charge in [0, 0.05) is 25.7 Å². The van der Waals surface area contributed by atoms with Crippen LogP contribution in [0.15, 0.2) is 24.3 Å². The second-order valence-corrected chi connectivity index (χ2v) is 8.83. The molecule has 23 heavy (non-hydrogen) atoms. The van der Waals surface area contributed by atoms with Crippen LogP contribution in [-0.2, 0) is 16.6 Å². The quantitative estimate of drug-likeness (QED) is 0.879. The van der Waals surface area contributed by atoms with E-state index in [0.29, 0.717) is 31.5 Å². The van der Waals surface area contributed by atoms with Crippen LogP contribution >= 0.6 is 0 Å². The molecule has 2 aliphatic rings. The van der Waals surface area contributed by atoms with Gasteiger partial charge >= 0.3 is 0 Å². The number of rotatable bonds is 4. The van der Waals surface area contributed by atoms with Crippen LogP contribution in [0.4, 0.5) is 0 Å². The third-order valence-corrected chi connectivity index (χ3v) is 6.37. The van der Waals surface area contributed by atoms with E-state index in [-0.39, 0.29) is 6.04 Å². The van der Waals surface area contributed by atoms with Crippen LogP contribution in [-0.4, -0.2) is 38.9 Å². The van der Waals surface area contributed by atoms with E-state index in [1.807, 2.05) is 12.1 Å². The first kappa shape index (κ1) is 16.9. The highest BCUT2D eigenvalue weighted by Gasteiger charge is 2.31. The summed E-state index contributed by atoms with van der Waals surface area (Å²) < 4.78 is 29.7. The summed E-state index contributed by atoms with van der Waals surface area (Å²) in [5.74, 6) is 0.840. The molecule has 0 amide bonds. The normalized spacial score (nSPS) is 29.2. The van der Waals surface area contributed by atoms with Gasteiger partial charge in [0.2, 0.25) is 0 Å². The molecule has 0 bridgehead atoms. The molecule has 1 aromatic carbocycles. The molecule has 3 atom stereocenters. The predicted octanol–water partition coefficient (Wildman–Crippen LogP) is 1.69. The molecule has 0 spiro atoms. The van der Waals surface area contributed by atoms with Crippen molar-refractivity contribution in [2.45, 2.75) is 32.7 Å². The largest absolute Gasteiger partial charge is 0.308 e. The lowest BCUT2D eigenvalue weighted by atomic mass is 9.94. The highest BCUT2D eigenvalue weighted by Crippen LogP contribution is 2.24. The van der Waals surface area contributed by atoms with E-state index in [4.69, 9.17) is 0 Å². The van der Waals surface area contributed by atoms with E-state index in [1.165, 1.54) is 11.1 Å². The Hall–Kier alpha value is -0.950. The molecule has 0 radical (unpaired) electrons. The monoisotopic (exact) mass is 337 g/mol. The summed E-state index contributed by atoms with van der Waals surface area (Å²) in [6, 6.07) is 8.33. The molecular formula is C17H27N3O2S. The van der Waals surface area contributed by atoms with Crippen LogP contribution in [0.5, 0.6) is 0 Å². The summed E-state index contributed by atoms with van der Waals surface area (Å²) in [5.41, 5.74) is 2.53. The van der Waals surface area contributed by atoms with Crippen molar-refractivity contribution in [3.05, 3.63) is 35.4 Å². The van der Waals surface area contributed by atoms with Crippen LogP contribution in [0.3, 0.4) is 0 Å². The van der Waals surface area contributed by atoms with Crippen molar-refractivity contribution in [3.8, 4) is 0 Å². The summed E-state index contributed by atoms with van der Waals surface area (Å²) >= 11 is 0. The zero-order valence-electron chi connectivity index (χ0n) is 14.0. The molecule has 1 aromatic rings. The lowest BCUT2D eigenvalue weighted by Gasteiger charge is -2.34. The van der Waals surface area contributed by atoms with Gasteiger partial charge in [-0.1, -0.05) is 38.1 Å². The Kier molecular flexibility index (Phi) is 5.06. The maximum Gasteiger partial charge on any atom is 0.279 e. The summed E-state index contributed by atoms with van der Waals surface area (Å²) in [6.07, 6.45) is 2.10. The number of fused-ring (bicyclic) bond motifs is 1. The second-order valence-electron chi connectivity index (χ2n) is 7.07. The van der Waals surface area contributed by atoms with E-state index in [2.05, 4.69) is 36.0 Å². The van der Waals surface area contributed by atoms with E-state index >= 15 is 0 Å². The van der Waals surface area contributed by atoms with Crippen molar-refractivity contribution in [1.82, 2.24) is 14.3 Å². The number of nitrogens with zero attached hydrogens (tertiary/aromatic N) is 1. The molecule has 2 heterocycles. The molecule has 0 saturated carbocycles. The standard InChI is InChI=1S/C17H27N3O2S/c1-13-9-14(2)12-20(11-13)23(21,22)19-10-17-16-6-4-3-5-15(16)7-8-18-17/h3-6,13-14,17-19H,7-12H2,1-2H3. The summed E-state index contributed by atoms with van der Waals surface area (Å²) in [4.78, 5) is 0. The first-order valence-electron chi connectivity index (χ1n) is 8.51. The van der Waals surface area contributed by atoms with E-state index in [0.717, 1.165) is 19.4 Å². The van der Waals surface area contributed by atoms with Crippen molar-refractivity contribution in [2.24, 2.45) is 11.8 Å². The Balaban J connectivity index is 1.66. The highest BCUT2D eigenvalue weighted by atomic mass is 32.2. The molecule has 3 rings (SSSR count). The maximum atomic E-state index is 12.6. The summed E-state index contributed by atoms with van der Waals surface area (Å²) in [7, 11) is -3.41. The molecule has 5 nitrogen and oxygen atoms in total. The Bertz CT molecular complexity index is 637. The lowest BCUT2D eigenvalue weighted by Crippen LogP contribution is -2.49. The van der Waals surface area contributed by atoms with Gasteiger partial charge in [-0.25, -0.2) is 4.72 Å². The lowest BCUT2D eigenvalue weighted by molar-refractivity contribution is 0.220. The molecule has 0 aromatic heterocycles. The van der Waals surface area contributed by atoms with Crippen LogP contribution in [0.2, 0.25) is 0 Å². The Morgan fingerprint density at radius 3 is 2.65 bits per heavy atom. The molecule has 2 N–H and O–H groups in total. The fourth-order valence-electron chi connectivity index (χ4n) is 3.86. The number of hydrogen-bond acceptors (Lipinski definition) is 3.